The zero-order valence-electron chi connectivity index (χ0n) is 23.0. The number of halogens is 1. The van der Waals surface area contributed by atoms with Crippen LogP contribution in [-0.4, -0.2) is 58.9 Å². The summed E-state index contributed by atoms with van der Waals surface area (Å²) in [4.78, 5) is 23.6. The quantitative estimate of drug-likeness (QED) is 0.307. The molecule has 0 aliphatic carbocycles. The average Bonchev–Trinajstić information content (AvgIpc) is 3.13. The number of pyridine rings is 1. The molecule has 0 saturated carbocycles. The lowest BCUT2D eigenvalue weighted by Crippen LogP contribution is -2.41. The van der Waals surface area contributed by atoms with Gasteiger partial charge in [-0.1, -0.05) is 39.6 Å². The van der Waals surface area contributed by atoms with Crippen molar-refractivity contribution in [3.8, 4) is 11.5 Å². The highest BCUT2D eigenvalue weighted by Gasteiger charge is 2.31. The molecule has 1 unspecified atom stereocenters. The van der Waals surface area contributed by atoms with Crippen LogP contribution in [0.3, 0.4) is 0 Å². The summed E-state index contributed by atoms with van der Waals surface area (Å²) >= 11 is 0. The van der Waals surface area contributed by atoms with Crippen LogP contribution in [0.5, 0.6) is 0 Å². The zero-order valence-corrected chi connectivity index (χ0v) is 24.0. The number of hydrogen-bond acceptors (Lipinski definition) is 5. The minimum atomic E-state index is -1.24. The maximum atomic E-state index is 13.6. The van der Waals surface area contributed by atoms with Gasteiger partial charge in [-0.2, -0.15) is 0 Å². The molecule has 0 bridgehead atoms. The van der Waals surface area contributed by atoms with Crippen molar-refractivity contribution in [2.24, 2.45) is 5.92 Å². The highest BCUT2D eigenvalue weighted by Crippen LogP contribution is 2.34. The number of aryl methyl sites for hydroxylation is 1. The molecule has 0 N–H and O–H groups in total. The minimum Gasteiger partial charge on any atom is -0.444 e. The van der Waals surface area contributed by atoms with E-state index < -0.39 is 13.7 Å². The number of rotatable bonds is 8. The fourth-order valence-electron chi connectivity index (χ4n) is 4.15. The van der Waals surface area contributed by atoms with E-state index in [1.54, 1.807) is 11.0 Å². The third-order valence-corrected chi connectivity index (χ3v) is 7.73. The third kappa shape index (κ3) is 7.26. The van der Waals surface area contributed by atoms with E-state index in [0.29, 0.717) is 37.9 Å². The Morgan fingerprint density at radius 1 is 1.25 bits per heavy atom. The average molecular weight is 517 g/mol. The van der Waals surface area contributed by atoms with Crippen molar-refractivity contribution in [1.82, 2.24) is 19.4 Å². The van der Waals surface area contributed by atoms with Gasteiger partial charge in [0, 0.05) is 33.7 Å². The Labute approximate surface area is 215 Å². The van der Waals surface area contributed by atoms with Crippen molar-refractivity contribution in [3.05, 3.63) is 41.6 Å². The lowest BCUT2D eigenvalue weighted by atomic mass is 9.92. The van der Waals surface area contributed by atoms with Crippen LogP contribution < -0.4 is 0 Å². The monoisotopic (exact) mass is 516 g/mol. The van der Waals surface area contributed by atoms with Crippen molar-refractivity contribution in [3.63, 3.8) is 0 Å². The number of aromatic nitrogens is 3. The van der Waals surface area contributed by atoms with Gasteiger partial charge in [0.15, 0.2) is 5.82 Å². The first kappa shape index (κ1) is 28.1. The van der Waals surface area contributed by atoms with Gasteiger partial charge in [0.2, 0.25) is 0 Å². The van der Waals surface area contributed by atoms with Gasteiger partial charge in [0.25, 0.3) is 0 Å². The van der Waals surface area contributed by atoms with Gasteiger partial charge in [0.1, 0.15) is 23.8 Å². The van der Waals surface area contributed by atoms with Crippen LogP contribution in [0, 0.1) is 11.7 Å². The smallest absolute Gasteiger partial charge is 0.410 e. The van der Waals surface area contributed by atoms with Gasteiger partial charge in [-0.05, 0) is 50.9 Å². The summed E-state index contributed by atoms with van der Waals surface area (Å²) in [7, 11) is -1.24. The summed E-state index contributed by atoms with van der Waals surface area (Å²) < 4.78 is 27.4. The summed E-state index contributed by atoms with van der Waals surface area (Å²) in [5, 5.41) is 0. The molecule has 7 nitrogen and oxygen atoms in total. The number of imidazole rings is 1. The summed E-state index contributed by atoms with van der Waals surface area (Å²) in [5.41, 5.74) is 3.13. The van der Waals surface area contributed by atoms with E-state index >= 15 is 0 Å². The van der Waals surface area contributed by atoms with Crippen molar-refractivity contribution in [1.29, 1.82) is 0 Å². The molecule has 2 aromatic heterocycles. The molecule has 1 amide bonds. The van der Waals surface area contributed by atoms with Crippen LogP contribution in [0.2, 0.25) is 25.7 Å². The van der Waals surface area contributed by atoms with E-state index in [1.807, 2.05) is 20.8 Å². The topological polar surface area (TPSA) is 69.5 Å². The largest absolute Gasteiger partial charge is 0.444 e. The maximum Gasteiger partial charge on any atom is 0.410 e. The second-order valence-electron chi connectivity index (χ2n) is 11.7. The molecule has 0 spiro atoms. The summed E-state index contributed by atoms with van der Waals surface area (Å²) in [6.45, 7) is 18.8. The Kier molecular flexibility index (Phi) is 8.77. The number of ether oxygens (including phenoxy) is 2. The Hall–Kier alpha value is -2.52. The van der Waals surface area contributed by atoms with Crippen LogP contribution >= 0.6 is 0 Å². The normalized spacial score (nSPS) is 16.8. The summed E-state index contributed by atoms with van der Waals surface area (Å²) in [5.74, 6) is 0.352. The van der Waals surface area contributed by atoms with Crippen molar-refractivity contribution in [2.75, 3.05) is 19.7 Å². The molecule has 0 fully saturated rings. The first-order chi connectivity index (χ1) is 16.8. The summed E-state index contributed by atoms with van der Waals surface area (Å²) in [6, 6.07) is 4.12. The lowest BCUT2D eigenvalue weighted by molar-refractivity contribution is 0.0251. The van der Waals surface area contributed by atoms with Gasteiger partial charge in [-0.25, -0.2) is 19.2 Å². The fourth-order valence-corrected chi connectivity index (χ4v) is 4.91. The molecule has 36 heavy (non-hydrogen) atoms. The van der Waals surface area contributed by atoms with Crippen LogP contribution in [0.15, 0.2) is 24.4 Å². The highest BCUT2D eigenvalue weighted by atomic mass is 28.3. The number of nitrogens with zero attached hydrogens (tertiary/aromatic N) is 4. The summed E-state index contributed by atoms with van der Waals surface area (Å²) in [6.07, 6.45) is 3.73. The van der Waals surface area contributed by atoms with E-state index in [2.05, 4.69) is 49.1 Å². The molecule has 0 radical (unpaired) electrons. The molecule has 1 atom stereocenters. The van der Waals surface area contributed by atoms with Crippen molar-refractivity contribution < 1.29 is 18.7 Å². The molecule has 3 rings (SSSR count). The SMILES string of the molecule is CCc1nc(-c2ccc(F)cn2)n(COCC[Si](C)(C)C)c1C1=CCN(C(=O)OC(C)(C)C)CC1C. The van der Waals surface area contributed by atoms with Crippen LogP contribution in [0.1, 0.15) is 46.0 Å². The van der Waals surface area contributed by atoms with E-state index in [1.165, 1.54) is 12.3 Å². The number of hydrogen-bond donors (Lipinski definition) is 0. The van der Waals surface area contributed by atoms with Gasteiger partial charge in [-0.15, -0.1) is 0 Å². The number of carbonyl (C=O) groups excluding carboxylic acids is 1. The van der Waals surface area contributed by atoms with Gasteiger partial charge < -0.3 is 14.4 Å². The second kappa shape index (κ2) is 11.3. The van der Waals surface area contributed by atoms with Crippen molar-refractivity contribution in [2.45, 2.75) is 79.1 Å². The number of amides is 1. The molecule has 2 aromatic rings. The molecule has 3 heterocycles. The molecule has 0 saturated heterocycles. The first-order valence-electron chi connectivity index (χ1n) is 12.8. The van der Waals surface area contributed by atoms with Crippen molar-refractivity contribution >= 4 is 19.7 Å². The second-order valence-corrected chi connectivity index (χ2v) is 17.3. The predicted molar refractivity (Wildman–Crippen MR) is 144 cm³/mol. The highest BCUT2D eigenvalue weighted by molar-refractivity contribution is 6.76. The van der Waals surface area contributed by atoms with E-state index in [4.69, 9.17) is 14.5 Å². The van der Waals surface area contributed by atoms with E-state index in [9.17, 15) is 9.18 Å². The first-order valence-corrected chi connectivity index (χ1v) is 16.5. The van der Waals surface area contributed by atoms with Gasteiger partial charge in [0.05, 0.1) is 17.6 Å². The van der Waals surface area contributed by atoms with E-state index in [-0.39, 0.29) is 17.8 Å². The van der Waals surface area contributed by atoms with Crippen LogP contribution in [0.4, 0.5) is 9.18 Å². The zero-order chi connectivity index (χ0) is 26.7. The van der Waals surface area contributed by atoms with Crippen LogP contribution in [-0.2, 0) is 22.6 Å². The van der Waals surface area contributed by atoms with Crippen LogP contribution in [0.25, 0.3) is 17.1 Å². The molecule has 1 aliphatic heterocycles. The van der Waals surface area contributed by atoms with Gasteiger partial charge in [-0.3, -0.25) is 4.57 Å². The molecule has 198 valence electrons. The predicted octanol–water partition coefficient (Wildman–Crippen LogP) is 6.23. The third-order valence-electron chi connectivity index (χ3n) is 6.03. The standard InChI is InChI=1S/C27H41FN4O3Si/c1-9-22-24(21-12-13-31(17-19(21)2)26(33)35-27(3,4)5)32(18-34-14-15-36(6,7)8)25(30-22)23-11-10-20(28)16-29-23/h10-12,16,19H,9,13-15,17-18H2,1-8H3. The Balaban J connectivity index is 1.97. The van der Waals surface area contributed by atoms with Gasteiger partial charge >= 0.3 is 6.09 Å². The molecule has 1 aliphatic rings. The van der Waals surface area contributed by atoms with E-state index in [0.717, 1.165) is 29.4 Å². The molecular weight excluding hydrogens is 475 g/mol. The maximum absolute atomic E-state index is 13.6. The number of carbonyl (C=O) groups is 1. The molecule has 9 heteroatoms. The Morgan fingerprint density at radius 3 is 2.53 bits per heavy atom. The Morgan fingerprint density at radius 2 is 1.97 bits per heavy atom. The lowest BCUT2D eigenvalue weighted by Gasteiger charge is -2.33. The Bertz CT molecular complexity index is 1080. The molecular formula is C27H41FN4O3Si. The fraction of sp³-hybridized carbons (Fsp3) is 0.593. The minimum absolute atomic E-state index is 0.0722. The molecule has 0 aromatic carbocycles.